The van der Waals surface area contributed by atoms with Crippen LogP contribution >= 0.6 is 0 Å². The van der Waals surface area contributed by atoms with Crippen molar-refractivity contribution in [3.63, 3.8) is 0 Å². The van der Waals surface area contributed by atoms with Crippen molar-refractivity contribution in [2.75, 3.05) is 20.1 Å². The van der Waals surface area contributed by atoms with Gasteiger partial charge in [-0.05, 0) is 31.0 Å². The number of amides is 2. The summed E-state index contributed by atoms with van der Waals surface area (Å²) in [5, 5.41) is 21.9. The van der Waals surface area contributed by atoms with Crippen LogP contribution in [0.25, 0.3) is 10.9 Å². The molecule has 1 N–H and O–H groups in total. The van der Waals surface area contributed by atoms with Gasteiger partial charge in [-0.25, -0.2) is 22.5 Å². The Labute approximate surface area is 218 Å². The van der Waals surface area contributed by atoms with Gasteiger partial charge in [0.1, 0.15) is 10.8 Å². The SMILES string of the molecule is CC1=NC(=O)N(CCCN(C)S(=O)(=O)c2cccc3cccnc23)C(c2cccc([N+](=O)[O-])c2)C1C(=O)O. The highest BCUT2D eigenvalue weighted by atomic mass is 32.2. The van der Waals surface area contributed by atoms with E-state index >= 15 is 0 Å². The van der Waals surface area contributed by atoms with Gasteiger partial charge in [-0.2, -0.15) is 0 Å². The number of nitro groups is 1. The van der Waals surface area contributed by atoms with E-state index in [-0.39, 0.29) is 41.4 Å². The quantitative estimate of drug-likeness (QED) is 0.319. The van der Waals surface area contributed by atoms with E-state index in [0.29, 0.717) is 10.9 Å². The Morgan fingerprint density at radius 3 is 2.61 bits per heavy atom. The van der Waals surface area contributed by atoms with E-state index in [0.717, 1.165) is 4.31 Å². The number of carbonyl (C=O) groups is 2. The topological polar surface area (TPSA) is 163 Å². The van der Waals surface area contributed by atoms with Crippen LogP contribution in [0.4, 0.5) is 10.5 Å². The van der Waals surface area contributed by atoms with Gasteiger partial charge in [0.2, 0.25) is 10.0 Å². The molecule has 0 spiro atoms. The third-order valence-electron chi connectivity index (χ3n) is 6.46. The number of fused-ring (bicyclic) bond motifs is 1. The number of hydrogen-bond acceptors (Lipinski definition) is 7. The van der Waals surface area contributed by atoms with Crippen LogP contribution in [0.3, 0.4) is 0 Å². The molecule has 1 aromatic heterocycles. The lowest BCUT2D eigenvalue weighted by Crippen LogP contribution is -2.47. The maximum Gasteiger partial charge on any atom is 0.344 e. The van der Waals surface area contributed by atoms with Crippen molar-refractivity contribution in [3.05, 3.63) is 76.5 Å². The standard InChI is InChI=1S/C25H25N5O7S/c1-16-21(24(31)32)23(18-8-3-10-19(15-18)30(34)35)29(25(33)27-16)14-6-13-28(2)38(36,37)20-11-4-7-17-9-5-12-26-22(17)20/h3-5,7-12,15,21,23H,6,13-14H2,1-2H3,(H,31,32). The summed E-state index contributed by atoms with van der Waals surface area (Å²) < 4.78 is 27.8. The van der Waals surface area contributed by atoms with Crippen molar-refractivity contribution < 1.29 is 28.0 Å². The molecule has 1 aliphatic rings. The smallest absolute Gasteiger partial charge is 0.344 e. The second kappa shape index (κ2) is 10.6. The summed E-state index contributed by atoms with van der Waals surface area (Å²) in [6.07, 6.45) is 1.67. The third-order valence-corrected chi connectivity index (χ3v) is 8.35. The van der Waals surface area contributed by atoms with E-state index < -0.39 is 38.9 Å². The number of sulfonamides is 1. The molecule has 2 atom stereocenters. The van der Waals surface area contributed by atoms with Crippen LogP contribution in [0.5, 0.6) is 0 Å². The minimum atomic E-state index is -3.93. The van der Waals surface area contributed by atoms with Crippen LogP contribution in [-0.4, -0.2) is 70.5 Å². The van der Waals surface area contributed by atoms with E-state index in [1.165, 1.54) is 55.4 Å². The lowest BCUT2D eigenvalue weighted by atomic mass is 9.86. The summed E-state index contributed by atoms with van der Waals surface area (Å²) in [5.74, 6) is -2.46. The van der Waals surface area contributed by atoms with Gasteiger partial charge in [0, 0.05) is 49.6 Å². The molecule has 0 radical (unpaired) electrons. The summed E-state index contributed by atoms with van der Waals surface area (Å²) in [5.41, 5.74) is 0.456. The number of benzene rings is 2. The second-order valence-corrected chi connectivity index (χ2v) is 10.9. The molecule has 2 unspecified atom stereocenters. The highest BCUT2D eigenvalue weighted by Gasteiger charge is 2.42. The highest BCUT2D eigenvalue weighted by molar-refractivity contribution is 7.89. The molecule has 2 aromatic carbocycles. The molecule has 3 aromatic rings. The number of carboxylic acids is 1. The van der Waals surface area contributed by atoms with Gasteiger partial charge in [0.25, 0.3) is 5.69 Å². The molecule has 0 fully saturated rings. The number of nitrogens with zero attached hydrogens (tertiary/aromatic N) is 5. The molecule has 1 aliphatic heterocycles. The molecule has 13 heteroatoms. The number of aliphatic imine (C=N–C) groups is 1. The first kappa shape index (κ1) is 26.8. The molecule has 2 heterocycles. The number of hydrogen-bond donors (Lipinski definition) is 1. The summed E-state index contributed by atoms with van der Waals surface area (Å²) in [6, 6.07) is 12.1. The molecule has 0 saturated heterocycles. The Bertz CT molecular complexity index is 1550. The Morgan fingerprint density at radius 2 is 1.89 bits per heavy atom. The van der Waals surface area contributed by atoms with Gasteiger partial charge in [-0.1, -0.05) is 30.3 Å². The number of carbonyl (C=O) groups excluding carboxylic acids is 1. The van der Waals surface area contributed by atoms with Crippen LogP contribution in [-0.2, 0) is 14.8 Å². The lowest BCUT2D eigenvalue weighted by Gasteiger charge is -2.38. The Balaban J connectivity index is 1.59. The summed E-state index contributed by atoms with van der Waals surface area (Å²) >= 11 is 0. The van der Waals surface area contributed by atoms with Gasteiger partial charge in [-0.15, -0.1) is 0 Å². The molecule has 4 rings (SSSR count). The monoisotopic (exact) mass is 539 g/mol. The number of non-ortho nitro benzene ring substituents is 1. The lowest BCUT2D eigenvalue weighted by molar-refractivity contribution is -0.385. The second-order valence-electron chi connectivity index (χ2n) is 8.85. The number of carboxylic acid groups (broad SMARTS) is 1. The minimum Gasteiger partial charge on any atom is -0.481 e. The summed E-state index contributed by atoms with van der Waals surface area (Å²) in [7, 11) is -2.51. The average Bonchev–Trinajstić information content (AvgIpc) is 2.88. The zero-order valence-electron chi connectivity index (χ0n) is 20.6. The van der Waals surface area contributed by atoms with Crippen molar-refractivity contribution >= 4 is 44.3 Å². The maximum atomic E-state index is 13.3. The number of rotatable bonds is 9. The van der Waals surface area contributed by atoms with E-state index in [1.807, 2.05) is 0 Å². The molecule has 2 amide bonds. The van der Waals surface area contributed by atoms with Crippen molar-refractivity contribution in [2.45, 2.75) is 24.3 Å². The fourth-order valence-corrected chi connectivity index (χ4v) is 5.96. The van der Waals surface area contributed by atoms with Crippen molar-refractivity contribution in [1.29, 1.82) is 0 Å². The van der Waals surface area contributed by atoms with Crippen molar-refractivity contribution in [3.8, 4) is 0 Å². The van der Waals surface area contributed by atoms with Crippen LogP contribution in [0, 0.1) is 16.0 Å². The van der Waals surface area contributed by atoms with Crippen LogP contribution in [0.2, 0.25) is 0 Å². The molecular weight excluding hydrogens is 514 g/mol. The predicted molar refractivity (Wildman–Crippen MR) is 138 cm³/mol. The van der Waals surface area contributed by atoms with Gasteiger partial charge in [0.05, 0.1) is 16.5 Å². The first-order chi connectivity index (χ1) is 18.0. The van der Waals surface area contributed by atoms with E-state index in [9.17, 15) is 33.2 Å². The average molecular weight is 540 g/mol. The fraction of sp³-hybridized carbons (Fsp3) is 0.280. The molecule has 0 bridgehead atoms. The zero-order chi connectivity index (χ0) is 27.6. The highest BCUT2D eigenvalue weighted by Crippen LogP contribution is 2.36. The first-order valence-electron chi connectivity index (χ1n) is 11.7. The molecule has 198 valence electrons. The van der Waals surface area contributed by atoms with E-state index in [4.69, 9.17) is 0 Å². The zero-order valence-corrected chi connectivity index (χ0v) is 21.4. The fourth-order valence-electron chi connectivity index (χ4n) is 4.59. The van der Waals surface area contributed by atoms with Crippen LogP contribution in [0.1, 0.15) is 24.9 Å². The van der Waals surface area contributed by atoms with Crippen molar-refractivity contribution in [1.82, 2.24) is 14.2 Å². The molecule has 38 heavy (non-hydrogen) atoms. The number of nitro benzene ring substituents is 1. The number of urea groups is 1. The van der Waals surface area contributed by atoms with E-state index in [1.54, 1.807) is 24.3 Å². The van der Waals surface area contributed by atoms with Crippen molar-refractivity contribution in [2.24, 2.45) is 10.9 Å². The maximum absolute atomic E-state index is 13.3. The normalized spacial score (nSPS) is 18.0. The molecule has 0 saturated carbocycles. The van der Waals surface area contributed by atoms with Crippen LogP contribution in [0.15, 0.2) is 70.7 Å². The van der Waals surface area contributed by atoms with Gasteiger partial charge < -0.3 is 10.0 Å². The van der Waals surface area contributed by atoms with Gasteiger partial charge in [0.15, 0.2) is 0 Å². The van der Waals surface area contributed by atoms with Gasteiger partial charge in [-0.3, -0.25) is 19.9 Å². The molecular formula is C25H25N5O7S. The Hall–Kier alpha value is -4.23. The van der Waals surface area contributed by atoms with E-state index in [2.05, 4.69) is 9.98 Å². The predicted octanol–water partition coefficient (Wildman–Crippen LogP) is 3.49. The Morgan fingerprint density at radius 1 is 1.18 bits per heavy atom. The number of aromatic nitrogens is 1. The minimum absolute atomic E-state index is 0.0113. The summed E-state index contributed by atoms with van der Waals surface area (Å²) in [6.45, 7) is 1.41. The number of aliphatic carboxylic acids is 1. The largest absolute Gasteiger partial charge is 0.481 e. The van der Waals surface area contributed by atoms with Gasteiger partial charge >= 0.3 is 12.0 Å². The Kier molecular flexibility index (Phi) is 7.51. The molecule has 12 nitrogen and oxygen atoms in total. The first-order valence-corrected chi connectivity index (χ1v) is 13.1. The number of pyridine rings is 1. The third kappa shape index (κ3) is 5.10. The number of para-hydroxylation sites is 1. The van der Waals surface area contributed by atoms with Crippen LogP contribution < -0.4 is 0 Å². The summed E-state index contributed by atoms with van der Waals surface area (Å²) in [4.78, 5) is 45.1. The molecule has 0 aliphatic carbocycles.